The zero-order valence-corrected chi connectivity index (χ0v) is 8.03. The van der Waals surface area contributed by atoms with E-state index >= 15 is 0 Å². The van der Waals surface area contributed by atoms with E-state index in [1.54, 1.807) is 25.1 Å². The fourth-order valence-corrected chi connectivity index (χ4v) is 1.19. The summed E-state index contributed by atoms with van der Waals surface area (Å²) in [5.74, 6) is -0.406. The van der Waals surface area contributed by atoms with E-state index in [0.717, 1.165) is 0 Å². The number of anilines is 1. The largest absolute Gasteiger partial charge is 0.465 e. The first-order chi connectivity index (χ1) is 6.70. The summed E-state index contributed by atoms with van der Waals surface area (Å²) in [5.41, 5.74) is 1.77. The lowest BCUT2D eigenvalue weighted by atomic mass is 10.1. The molecule has 0 atom stereocenters. The molecule has 74 valence electrons. The van der Waals surface area contributed by atoms with Crippen LogP contribution in [0.15, 0.2) is 18.2 Å². The monoisotopic (exact) mass is 193 g/mol. The van der Waals surface area contributed by atoms with Crippen LogP contribution in [0.1, 0.15) is 15.9 Å². The fourth-order valence-electron chi connectivity index (χ4n) is 1.19. The van der Waals surface area contributed by atoms with E-state index in [0.29, 0.717) is 23.2 Å². The Kier molecular flexibility index (Phi) is 3.23. The Morgan fingerprint density at radius 2 is 2.21 bits per heavy atom. The topological polar surface area (TPSA) is 55.4 Å². The molecule has 0 aromatic heterocycles. The SMILES string of the molecule is COC(=O)c1cccc(NC=O)c1C. The lowest BCUT2D eigenvalue weighted by Gasteiger charge is -2.07. The molecule has 1 amide bonds. The van der Waals surface area contributed by atoms with E-state index in [4.69, 9.17) is 0 Å². The zero-order chi connectivity index (χ0) is 10.6. The summed E-state index contributed by atoms with van der Waals surface area (Å²) in [5, 5.41) is 2.51. The molecule has 0 heterocycles. The molecule has 0 bridgehead atoms. The number of ether oxygens (including phenoxy) is 1. The van der Waals surface area contributed by atoms with Crippen LogP contribution < -0.4 is 5.32 Å². The van der Waals surface area contributed by atoms with E-state index < -0.39 is 5.97 Å². The molecule has 0 saturated heterocycles. The summed E-state index contributed by atoms with van der Waals surface area (Å²) in [6.45, 7) is 1.75. The van der Waals surface area contributed by atoms with Gasteiger partial charge >= 0.3 is 5.97 Å². The highest BCUT2D eigenvalue weighted by molar-refractivity contribution is 5.93. The van der Waals surface area contributed by atoms with Crippen molar-refractivity contribution in [3.63, 3.8) is 0 Å². The third-order valence-corrected chi connectivity index (χ3v) is 1.95. The van der Waals surface area contributed by atoms with Gasteiger partial charge in [-0.15, -0.1) is 0 Å². The summed E-state index contributed by atoms with van der Waals surface area (Å²) >= 11 is 0. The Bertz CT molecular complexity index is 360. The van der Waals surface area contributed by atoms with Gasteiger partial charge in [0.1, 0.15) is 0 Å². The van der Waals surface area contributed by atoms with Gasteiger partial charge in [-0.1, -0.05) is 6.07 Å². The number of carbonyl (C=O) groups is 2. The number of methoxy groups -OCH3 is 1. The summed E-state index contributed by atoms with van der Waals surface area (Å²) in [6, 6.07) is 5.05. The van der Waals surface area contributed by atoms with Crippen LogP contribution >= 0.6 is 0 Å². The van der Waals surface area contributed by atoms with Crippen molar-refractivity contribution in [2.75, 3.05) is 12.4 Å². The molecule has 0 saturated carbocycles. The van der Waals surface area contributed by atoms with Crippen molar-refractivity contribution in [1.29, 1.82) is 0 Å². The Hall–Kier alpha value is -1.84. The molecule has 0 spiro atoms. The van der Waals surface area contributed by atoms with Gasteiger partial charge in [0.2, 0.25) is 6.41 Å². The Balaban J connectivity index is 3.13. The van der Waals surface area contributed by atoms with Crippen LogP contribution in [0.3, 0.4) is 0 Å². The molecule has 1 aromatic rings. The first-order valence-electron chi connectivity index (χ1n) is 4.08. The summed E-state index contributed by atoms with van der Waals surface area (Å²) in [4.78, 5) is 21.5. The third-order valence-electron chi connectivity index (χ3n) is 1.95. The van der Waals surface area contributed by atoms with Crippen LogP contribution in [0.2, 0.25) is 0 Å². The molecule has 1 rings (SSSR count). The van der Waals surface area contributed by atoms with Crippen molar-refractivity contribution in [3.05, 3.63) is 29.3 Å². The number of benzene rings is 1. The summed E-state index contributed by atoms with van der Waals surface area (Å²) < 4.78 is 4.60. The van der Waals surface area contributed by atoms with E-state index in [2.05, 4.69) is 10.1 Å². The van der Waals surface area contributed by atoms with Crippen molar-refractivity contribution in [2.45, 2.75) is 6.92 Å². The maximum Gasteiger partial charge on any atom is 0.338 e. The number of amides is 1. The molecule has 0 aliphatic rings. The molecule has 0 aliphatic heterocycles. The molecule has 4 heteroatoms. The lowest BCUT2D eigenvalue weighted by molar-refractivity contribution is -0.105. The second-order valence-electron chi connectivity index (χ2n) is 2.73. The third kappa shape index (κ3) is 1.90. The van der Waals surface area contributed by atoms with Crippen LogP contribution in [-0.2, 0) is 9.53 Å². The van der Waals surface area contributed by atoms with Gasteiger partial charge in [0.15, 0.2) is 0 Å². The van der Waals surface area contributed by atoms with Gasteiger partial charge in [-0.3, -0.25) is 4.79 Å². The van der Waals surface area contributed by atoms with Gasteiger partial charge in [0.05, 0.1) is 12.7 Å². The number of hydrogen-bond donors (Lipinski definition) is 1. The zero-order valence-electron chi connectivity index (χ0n) is 8.03. The van der Waals surface area contributed by atoms with Gasteiger partial charge in [-0.05, 0) is 24.6 Å². The normalized spacial score (nSPS) is 9.29. The van der Waals surface area contributed by atoms with Crippen LogP contribution in [0.4, 0.5) is 5.69 Å². The predicted molar refractivity (Wildman–Crippen MR) is 52.2 cm³/mol. The highest BCUT2D eigenvalue weighted by Gasteiger charge is 2.10. The second-order valence-corrected chi connectivity index (χ2v) is 2.73. The van der Waals surface area contributed by atoms with Gasteiger partial charge in [0, 0.05) is 5.69 Å². The fraction of sp³-hybridized carbons (Fsp3) is 0.200. The van der Waals surface area contributed by atoms with Crippen LogP contribution in [0.5, 0.6) is 0 Å². The van der Waals surface area contributed by atoms with E-state index in [1.807, 2.05) is 0 Å². The average molecular weight is 193 g/mol. The molecule has 0 fully saturated rings. The first kappa shape index (κ1) is 10.2. The molecular weight excluding hydrogens is 182 g/mol. The smallest absolute Gasteiger partial charge is 0.338 e. The van der Waals surface area contributed by atoms with Crippen molar-refractivity contribution in [3.8, 4) is 0 Å². The molecule has 0 aliphatic carbocycles. The minimum Gasteiger partial charge on any atom is -0.465 e. The number of esters is 1. The highest BCUT2D eigenvalue weighted by atomic mass is 16.5. The molecule has 0 radical (unpaired) electrons. The minimum atomic E-state index is -0.406. The summed E-state index contributed by atoms with van der Waals surface area (Å²) in [7, 11) is 1.32. The molecule has 0 unspecified atom stereocenters. The van der Waals surface area contributed by atoms with Gasteiger partial charge < -0.3 is 10.1 Å². The number of rotatable bonds is 3. The van der Waals surface area contributed by atoms with Gasteiger partial charge in [-0.2, -0.15) is 0 Å². The number of hydrogen-bond acceptors (Lipinski definition) is 3. The molecule has 4 nitrogen and oxygen atoms in total. The molecular formula is C10H11NO3. The van der Waals surface area contributed by atoms with Crippen LogP contribution in [-0.4, -0.2) is 19.5 Å². The van der Waals surface area contributed by atoms with Gasteiger partial charge in [0.25, 0.3) is 0 Å². The molecule has 1 N–H and O–H groups in total. The van der Waals surface area contributed by atoms with Gasteiger partial charge in [-0.25, -0.2) is 4.79 Å². The Morgan fingerprint density at radius 1 is 1.50 bits per heavy atom. The van der Waals surface area contributed by atoms with Crippen molar-refractivity contribution >= 4 is 18.1 Å². The summed E-state index contributed by atoms with van der Waals surface area (Å²) in [6.07, 6.45) is 0.573. The second kappa shape index (κ2) is 4.41. The lowest BCUT2D eigenvalue weighted by Crippen LogP contribution is -2.06. The van der Waals surface area contributed by atoms with E-state index in [1.165, 1.54) is 7.11 Å². The maximum absolute atomic E-state index is 11.3. The number of nitrogens with one attached hydrogen (secondary N) is 1. The first-order valence-corrected chi connectivity index (χ1v) is 4.08. The Labute approximate surface area is 81.9 Å². The van der Waals surface area contributed by atoms with E-state index in [9.17, 15) is 9.59 Å². The standard InChI is InChI=1S/C10H11NO3/c1-7-8(10(13)14-2)4-3-5-9(7)11-6-12/h3-6H,1-2H3,(H,11,12). The van der Waals surface area contributed by atoms with Crippen LogP contribution in [0, 0.1) is 6.92 Å². The number of carbonyl (C=O) groups excluding carboxylic acids is 2. The average Bonchev–Trinajstić information content (AvgIpc) is 2.20. The van der Waals surface area contributed by atoms with E-state index in [-0.39, 0.29) is 0 Å². The quantitative estimate of drug-likeness (QED) is 0.582. The highest BCUT2D eigenvalue weighted by Crippen LogP contribution is 2.18. The van der Waals surface area contributed by atoms with Crippen LogP contribution in [0.25, 0.3) is 0 Å². The Morgan fingerprint density at radius 3 is 2.79 bits per heavy atom. The van der Waals surface area contributed by atoms with Crippen molar-refractivity contribution in [2.24, 2.45) is 0 Å². The maximum atomic E-state index is 11.3. The molecule has 14 heavy (non-hydrogen) atoms. The molecule has 1 aromatic carbocycles. The van der Waals surface area contributed by atoms with Crippen molar-refractivity contribution in [1.82, 2.24) is 0 Å². The predicted octanol–water partition coefficient (Wildman–Crippen LogP) is 1.35. The van der Waals surface area contributed by atoms with Crippen molar-refractivity contribution < 1.29 is 14.3 Å². The minimum absolute atomic E-state index is 0.406.